The summed E-state index contributed by atoms with van der Waals surface area (Å²) in [5.74, 6) is 0.573. The van der Waals surface area contributed by atoms with Crippen LogP contribution in [0.2, 0.25) is 0 Å². The summed E-state index contributed by atoms with van der Waals surface area (Å²) < 4.78 is 7.70. The van der Waals surface area contributed by atoms with Gasteiger partial charge in [0.15, 0.2) is 0 Å². The Morgan fingerprint density at radius 3 is 2.67 bits per heavy atom. The SMILES string of the molecule is Cc1cnn(C2CCN(C(=O)OC(C)(C)C)C2)c1C1CCNCC1. The first-order valence-corrected chi connectivity index (χ1v) is 9.08. The molecule has 1 atom stereocenters. The van der Waals surface area contributed by atoms with E-state index in [4.69, 9.17) is 4.74 Å². The fourth-order valence-electron chi connectivity index (χ4n) is 3.79. The number of amides is 1. The van der Waals surface area contributed by atoms with Crippen LogP contribution in [-0.4, -0.2) is 52.6 Å². The third-order valence-corrected chi connectivity index (χ3v) is 4.91. The summed E-state index contributed by atoms with van der Waals surface area (Å²) in [4.78, 5) is 14.1. The first kappa shape index (κ1) is 17.3. The molecule has 1 amide bonds. The molecule has 0 aliphatic carbocycles. The lowest BCUT2D eigenvalue weighted by atomic mass is 9.92. The molecular formula is C18H30N4O2. The van der Waals surface area contributed by atoms with Crippen LogP contribution in [0, 0.1) is 6.92 Å². The summed E-state index contributed by atoms with van der Waals surface area (Å²) in [7, 11) is 0. The van der Waals surface area contributed by atoms with Gasteiger partial charge in [-0.15, -0.1) is 0 Å². The molecule has 2 fully saturated rings. The molecule has 1 aromatic rings. The first-order chi connectivity index (χ1) is 11.3. The number of nitrogens with zero attached hydrogens (tertiary/aromatic N) is 3. The van der Waals surface area contributed by atoms with E-state index in [0.717, 1.165) is 38.9 Å². The van der Waals surface area contributed by atoms with Gasteiger partial charge in [0.05, 0.1) is 12.2 Å². The number of likely N-dealkylation sites (tertiary alicyclic amines) is 1. The Bertz CT molecular complexity index is 584. The Balaban J connectivity index is 1.71. The van der Waals surface area contributed by atoms with Gasteiger partial charge in [-0.25, -0.2) is 4.79 Å². The number of carbonyl (C=O) groups excluding carboxylic acids is 1. The smallest absolute Gasteiger partial charge is 0.410 e. The summed E-state index contributed by atoms with van der Waals surface area (Å²) in [5, 5.41) is 8.09. The molecule has 0 aromatic carbocycles. The lowest BCUT2D eigenvalue weighted by molar-refractivity contribution is 0.0288. The normalized spacial score (nSPS) is 22.8. The number of nitrogens with one attached hydrogen (secondary N) is 1. The quantitative estimate of drug-likeness (QED) is 0.903. The van der Waals surface area contributed by atoms with Gasteiger partial charge in [-0.1, -0.05) is 0 Å². The summed E-state index contributed by atoms with van der Waals surface area (Å²) in [5.41, 5.74) is 2.20. The second-order valence-electron chi connectivity index (χ2n) is 8.05. The zero-order valence-electron chi connectivity index (χ0n) is 15.3. The third-order valence-electron chi connectivity index (χ3n) is 4.91. The molecule has 3 rings (SSSR count). The van der Waals surface area contributed by atoms with Crippen LogP contribution in [0.5, 0.6) is 0 Å². The number of hydrogen-bond acceptors (Lipinski definition) is 4. The minimum absolute atomic E-state index is 0.211. The average Bonchev–Trinajstić information content (AvgIpc) is 3.13. The second-order valence-corrected chi connectivity index (χ2v) is 8.05. The van der Waals surface area contributed by atoms with Gasteiger partial charge in [-0.3, -0.25) is 4.68 Å². The molecule has 6 nitrogen and oxygen atoms in total. The molecule has 6 heteroatoms. The maximum Gasteiger partial charge on any atom is 0.410 e. The number of hydrogen-bond donors (Lipinski definition) is 1. The van der Waals surface area contributed by atoms with Crippen LogP contribution in [0.3, 0.4) is 0 Å². The van der Waals surface area contributed by atoms with Crippen LogP contribution in [0.1, 0.15) is 63.3 Å². The zero-order valence-corrected chi connectivity index (χ0v) is 15.3. The van der Waals surface area contributed by atoms with Crippen LogP contribution in [0.15, 0.2) is 6.20 Å². The van der Waals surface area contributed by atoms with Gasteiger partial charge < -0.3 is 15.0 Å². The van der Waals surface area contributed by atoms with Crippen molar-refractivity contribution < 1.29 is 9.53 Å². The molecule has 2 aliphatic heterocycles. The average molecular weight is 334 g/mol. The Labute approximate surface area is 144 Å². The fourth-order valence-corrected chi connectivity index (χ4v) is 3.79. The van der Waals surface area contributed by atoms with E-state index in [1.165, 1.54) is 11.3 Å². The molecule has 1 unspecified atom stereocenters. The van der Waals surface area contributed by atoms with E-state index < -0.39 is 5.60 Å². The van der Waals surface area contributed by atoms with E-state index in [2.05, 4.69) is 22.0 Å². The van der Waals surface area contributed by atoms with Gasteiger partial charge >= 0.3 is 6.09 Å². The van der Waals surface area contributed by atoms with Crippen LogP contribution in [0.25, 0.3) is 0 Å². The first-order valence-electron chi connectivity index (χ1n) is 9.08. The van der Waals surface area contributed by atoms with Crippen molar-refractivity contribution in [3.05, 3.63) is 17.5 Å². The van der Waals surface area contributed by atoms with Crippen molar-refractivity contribution in [3.63, 3.8) is 0 Å². The van der Waals surface area contributed by atoms with Crippen LogP contribution >= 0.6 is 0 Å². The van der Waals surface area contributed by atoms with Gasteiger partial charge in [0.1, 0.15) is 5.60 Å². The van der Waals surface area contributed by atoms with E-state index >= 15 is 0 Å². The molecule has 3 heterocycles. The zero-order chi connectivity index (χ0) is 17.3. The predicted octanol–water partition coefficient (Wildman–Crippen LogP) is 2.84. The van der Waals surface area contributed by atoms with Crippen molar-refractivity contribution in [2.24, 2.45) is 0 Å². The number of ether oxygens (including phenoxy) is 1. The minimum atomic E-state index is -0.447. The molecule has 0 spiro atoms. The maximum absolute atomic E-state index is 12.3. The molecule has 2 aliphatic rings. The van der Waals surface area contributed by atoms with Gasteiger partial charge in [-0.2, -0.15) is 5.10 Å². The molecule has 0 radical (unpaired) electrons. The van der Waals surface area contributed by atoms with E-state index in [9.17, 15) is 4.79 Å². The maximum atomic E-state index is 12.3. The standard InChI is InChI=1S/C18H30N4O2/c1-13-11-20-22(16(13)14-5-8-19-9-6-14)15-7-10-21(12-15)17(23)24-18(2,3)4/h11,14-15,19H,5-10,12H2,1-4H3. The van der Waals surface area contributed by atoms with Crippen LogP contribution < -0.4 is 5.32 Å². The molecular weight excluding hydrogens is 304 g/mol. The van der Waals surface area contributed by atoms with E-state index in [-0.39, 0.29) is 12.1 Å². The van der Waals surface area contributed by atoms with Crippen molar-refractivity contribution in [3.8, 4) is 0 Å². The molecule has 0 saturated carbocycles. The molecule has 134 valence electrons. The molecule has 1 N–H and O–H groups in total. The molecule has 1 aromatic heterocycles. The molecule has 24 heavy (non-hydrogen) atoms. The number of aromatic nitrogens is 2. The minimum Gasteiger partial charge on any atom is -0.444 e. The Morgan fingerprint density at radius 1 is 1.29 bits per heavy atom. The Kier molecular flexibility index (Phi) is 4.85. The monoisotopic (exact) mass is 334 g/mol. The highest BCUT2D eigenvalue weighted by atomic mass is 16.6. The summed E-state index contributed by atoms with van der Waals surface area (Å²) in [6.07, 6.45) is 5.04. The lowest BCUT2D eigenvalue weighted by Gasteiger charge is -2.27. The number of rotatable bonds is 2. The highest BCUT2D eigenvalue weighted by Gasteiger charge is 2.33. The largest absolute Gasteiger partial charge is 0.444 e. The van der Waals surface area contributed by atoms with Crippen molar-refractivity contribution in [1.82, 2.24) is 20.0 Å². The summed E-state index contributed by atoms with van der Waals surface area (Å²) >= 11 is 0. The topological polar surface area (TPSA) is 59.4 Å². The van der Waals surface area contributed by atoms with Gasteiger partial charge in [-0.05, 0) is 65.6 Å². The highest BCUT2D eigenvalue weighted by Crippen LogP contribution is 2.32. The fraction of sp³-hybridized carbons (Fsp3) is 0.778. The second kappa shape index (κ2) is 6.75. The summed E-state index contributed by atoms with van der Waals surface area (Å²) in [6, 6.07) is 0.260. The highest BCUT2D eigenvalue weighted by molar-refractivity contribution is 5.68. The van der Waals surface area contributed by atoms with E-state index in [0.29, 0.717) is 12.5 Å². The lowest BCUT2D eigenvalue weighted by Crippen LogP contribution is -2.35. The van der Waals surface area contributed by atoms with E-state index in [1.54, 1.807) is 0 Å². The van der Waals surface area contributed by atoms with Crippen molar-refractivity contribution in [1.29, 1.82) is 0 Å². The van der Waals surface area contributed by atoms with Crippen LogP contribution in [-0.2, 0) is 4.74 Å². The third kappa shape index (κ3) is 3.74. The van der Waals surface area contributed by atoms with Gasteiger partial charge in [0.2, 0.25) is 0 Å². The van der Waals surface area contributed by atoms with Crippen molar-refractivity contribution >= 4 is 6.09 Å². The van der Waals surface area contributed by atoms with E-state index in [1.807, 2.05) is 31.9 Å². The molecule has 2 saturated heterocycles. The van der Waals surface area contributed by atoms with Gasteiger partial charge in [0.25, 0.3) is 0 Å². The Hall–Kier alpha value is -1.56. The summed E-state index contributed by atoms with van der Waals surface area (Å²) in [6.45, 7) is 11.5. The number of aryl methyl sites for hydroxylation is 1. The van der Waals surface area contributed by atoms with Gasteiger partial charge in [0, 0.05) is 24.7 Å². The van der Waals surface area contributed by atoms with Crippen LogP contribution in [0.4, 0.5) is 4.79 Å². The van der Waals surface area contributed by atoms with Crippen molar-refractivity contribution in [2.75, 3.05) is 26.2 Å². The number of piperidine rings is 1. The molecule has 0 bridgehead atoms. The Morgan fingerprint density at radius 2 is 2.00 bits per heavy atom. The van der Waals surface area contributed by atoms with Crippen molar-refractivity contribution in [2.45, 2.75) is 64.5 Å². The predicted molar refractivity (Wildman–Crippen MR) is 93.3 cm³/mol. The number of carbonyl (C=O) groups is 1.